The summed E-state index contributed by atoms with van der Waals surface area (Å²) >= 11 is 0. The molecule has 1 N–H and O–H groups in total. The Morgan fingerprint density at radius 2 is 1.75 bits per heavy atom. The Bertz CT molecular complexity index is 411. The van der Waals surface area contributed by atoms with Gasteiger partial charge < -0.3 is 4.90 Å². The predicted molar refractivity (Wildman–Crippen MR) is 79.4 cm³/mol. The topological polar surface area (TPSA) is 69.7 Å². The predicted octanol–water partition coefficient (Wildman–Crippen LogP) is 0.810. The molecule has 1 fully saturated rings. The van der Waals surface area contributed by atoms with Gasteiger partial charge in [-0.15, -0.1) is 0 Å². The summed E-state index contributed by atoms with van der Waals surface area (Å²) in [7, 11) is -3.40. The highest BCUT2D eigenvalue weighted by Gasteiger charge is 2.28. The molecule has 6 nitrogen and oxygen atoms in total. The smallest absolute Gasteiger partial charge is 0.279 e. The standard InChI is InChI=1S/C13H27N3O3S/c1-5-16(6-2)20(18,19)14-12-7-9-15(10-8-12)13(17)11(3)4/h11-12,14H,5-10H2,1-4H3. The van der Waals surface area contributed by atoms with Gasteiger partial charge in [0.2, 0.25) is 5.91 Å². The van der Waals surface area contributed by atoms with Crippen LogP contribution in [0.2, 0.25) is 0 Å². The van der Waals surface area contributed by atoms with E-state index in [4.69, 9.17) is 0 Å². The molecule has 1 heterocycles. The first-order valence-electron chi connectivity index (χ1n) is 7.38. The quantitative estimate of drug-likeness (QED) is 0.789. The second kappa shape index (κ2) is 7.38. The fourth-order valence-electron chi connectivity index (χ4n) is 2.43. The van der Waals surface area contributed by atoms with Gasteiger partial charge in [-0.2, -0.15) is 17.4 Å². The first-order valence-corrected chi connectivity index (χ1v) is 8.82. The Morgan fingerprint density at radius 1 is 1.25 bits per heavy atom. The van der Waals surface area contributed by atoms with E-state index in [-0.39, 0.29) is 17.9 Å². The first kappa shape index (κ1) is 17.4. The van der Waals surface area contributed by atoms with Crippen molar-refractivity contribution in [3.8, 4) is 0 Å². The Balaban J connectivity index is 2.52. The van der Waals surface area contributed by atoms with E-state index >= 15 is 0 Å². The van der Waals surface area contributed by atoms with Gasteiger partial charge in [0.05, 0.1) is 0 Å². The average molecular weight is 305 g/mol. The molecule has 0 unspecified atom stereocenters. The molecule has 0 aromatic rings. The van der Waals surface area contributed by atoms with Crippen LogP contribution in [0.25, 0.3) is 0 Å². The van der Waals surface area contributed by atoms with E-state index in [1.54, 1.807) is 0 Å². The van der Waals surface area contributed by atoms with E-state index < -0.39 is 10.2 Å². The molecule has 7 heteroatoms. The van der Waals surface area contributed by atoms with Crippen LogP contribution in [-0.4, -0.2) is 55.8 Å². The lowest BCUT2D eigenvalue weighted by molar-refractivity contribution is -0.135. The van der Waals surface area contributed by atoms with Gasteiger partial charge in [0, 0.05) is 38.1 Å². The number of rotatable bonds is 6. The lowest BCUT2D eigenvalue weighted by Gasteiger charge is -2.34. The monoisotopic (exact) mass is 305 g/mol. The number of nitrogens with one attached hydrogen (secondary N) is 1. The molecule has 0 aromatic heterocycles. The maximum Gasteiger partial charge on any atom is 0.279 e. The second-order valence-corrected chi connectivity index (χ2v) is 7.16. The number of amides is 1. The van der Waals surface area contributed by atoms with Crippen molar-refractivity contribution < 1.29 is 13.2 Å². The highest BCUT2D eigenvalue weighted by molar-refractivity contribution is 7.87. The minimum atomic E-state index is -3.40. The maximum atomic E-state index is 12.1. The molecule has 0 spiro atoms. The summed E-state index contributed by atoms with van der Waals surface area (Å²) in [4.78, 5) is 13.7. The molecule has 118 valence electrons. The summed E-state index contributed by atoms with van der Waals surface area (Å²) in [6.45, 7) is 9.62. The molecule has 1 aliphatic rings. The molecule has 1 rings (SSSR count). The first-order chi connectivity index (χ1) is 9.31. The Morgan fingerprint density at radius 3 is 2.15 bits per heavy atom. The minimum absolute atomic E-state index is 0.00100. The zero-order valence-corrected chi connectivity index (χ0v) is 13.7. The molecule has 0 radical (unpaired) electrons. The van der Waals surface area contributed by atoms with Crippen molar-refractivity contribution in [1.82, 2.24) is 13.9 Å². The highest BCUT2D eigenvalue weighted by atomic mass is 32.2. The Hall–Kier alpha value is -0.660. The van der Waals surface area contributed by atoms with Crippen molar-refractivity contribution in [1.29, 1.82) is 0 Å². The van der Waals surface area contributed by atoms with Crippen molar-refractivity contribution >= 4 is 16.1 Å². The lowest BCUT2D eigenvalue weighted by atomic mass is 10.0. The van der Waals surface area contributed by atoms with Gasteiger partial charge in [-0.1, -0.05) is 27.7 Å². The molecule has 0 aromatic carbocycles. The number of hydrogen-bond donors (Lipinski definition) is 1. The summed E-state index contributed by atoms with van der Waals surface area (Å²) in [6, 6.07) is -0.0724. The number of nitrogens with zero attached hydrogens (tertiary/aromatic N) is 2. The van der Waals surface area contributed by atoms with E-state index in [9.17, 15) is 13.2 Å². The molecule has 0 aliphatic carbocycles. The molecule has 0 saturated carbocycles. The van der Waals surface area contributed by atoms with Crippen LogP contribution in [0, 0.1) is 5.92 Å². The van der Waals surface area contributed by atoms with Crippen LogP contribution in [0.5, 0.6) is 0 Å². The average Bonchev–Trinajstić information content (AvgIpc) is 2.39. The zero-order valence-electron chi connectivity index (χ0n) is 12.9. The molecular weight excluding hydrogens is 278 g/mol. The van der Waals surface area contributed by atoms with Crippen LogP contribution in [0.4, 0.5) is 0 Å². The molecule has 1 aliphatic heterocycles. The summed E-state index contributed by atoms with van der Waals surface area (Å²) in [6.07, 6.45) is 1.36. The summed E-state index contributed by atoms with van der Waals surface area (Å²) in [5, 5.41) is 0. The SMILES string of the molecule is CCN(CC)S(=O)(=O)NC1CCN(C(=O)C(C)C)CC1. The molecule has 1 saturated heterocycles. The highest BCUT2D eigenvalue weighted by Crippen LogP contribution is 2.14. The molecule has 20 heavy (non-hydrogen) atoms. The maximum absolute atomic E-state index is 12.1. The van der Waals surface area contributed by atoms with Gasteiger partial charge in [0.1, 0.15) is 0 Å². The summed E-state index contributed by atoms with van der Waals surface area (Å²) in [5.74, 6) is 0.147. The van der Waals surface area contributed by atoms with Crippen LogP contribution >= 0.6 is 0 Å². The number of likely N-dealkylation sites (tertiary alicyclic amines) is 1. The molecular formula is C13H27N3O3S. The van der Waals surface area contributed by atoms with Crippen LogP contribution in [0.1, 0.15) is 40.5 Å². The number of hydrogen-bond acceptors (Lipinski definition) is 3. The van der Waals surface area contributed by atoms with Crippen LogP contribution in [-0.2, 0) is 15.0 Å². The third kappa shape index (κ3) is 4.43. The van der Waals surface area contributed by atoms with Gasteiger partial charge >= 0.3 is 0 Å². The van der Waals surface area contributed by atoms with E-state index in [1.165, 1.54) is 4.31 Å². The van der Waals surface area contributed by atoms with Crippen LogP contribution in [0.3, 0.4) is 0 Å². The van der Waals surface area contributed by atoms with Gasteiger partial charge in [0.15, 0.2) is 0 Å². The third-order valence-corrected chi connectivity index (χ3v) is 5.49. The number of carbonyl (C=O) groups is 1. The Labute approximate surface area is 122 Å². The van der Waals surface area contributed by atoms with Crippen molar-refractivity contribution in [3.63, 3.8) is 0 Å². The van der Waals surface area contributed by atoms with Crippen LogP contribution in [0.15, 0.2) is 0 Å². The van der Waals surface area contributed by atoms with Crippen molar-refractivity contribution in [2.75, 3.05) is 26.2 Å². The van der Waals surface area contributed by atoms with Crippen molar-refractivity contribution in [2.45, 2.75) is 46.6 Å². The third-order valence-electron chi connectivity index (χ3n) is 3.66. The zero-order chi connectivity index (χ0) is 15.3. The van der Waals surface area contributed by atoms with Gasteiger partial charge in [-0.3, -0.25) is 4.79 Å². The minimum Gasteiger partial charge on any atom is -0.342 e. The Kier molecular flexibility index (Phi) is 6.42. The van der Waals surface area contributed by atoms with E-state index in [2.05, 4.69) is 4.72 Å². The van der Waals surface area contributed by atoms with E-state index in [0.29, 0.717) is 39.0 Å². The fourth-order valence-corrected chi connectivity index (χ4v) is 3.92. The summed E-state index contributed by atoms with van der Waals surface area (Å²) in [5.41, 5.74) is 0. The van der Waals surface area contributed by atoms with Gasteiger partial charge in [-0.05, 0) is 12.8 Å². The van der Waals surface area contributed by atoms with Crippen LogP contribution < -0.4 is 4.72 Å². The molecule has 0 bridgehead atoms. The van der Waals surface area contributed by atoms with E-state index in [0.717, 1.165) is 0 Å². The number of piperidine rings is 1. The second-order valence-electron chi connectivity index (χ2n) is 5.46. The largest absolute Gasteiger partial charge is 0.342 e. The van der Waals surface area contributed by atoms with Gasteiger partial charge in [-0.25, -0.2) is 0 Å². The molecule has 0 atom stereocenters. The van der Waals surface area contributed by atoms with E-state index in [1.807, 2.05) is 32.6 Å². The number of carbonyl (C=O) groups excluding carboxylic acids is 1. The fraction of sp³-hybridized carbons (Fsp3) is 0.923. The molecule has 1 amide bonds. The van der Waals surface area contributed by atoms with Crippen molar-refractivity contribution in [2.24, 2.45) is 5.92 Å². The van der Waals surface area contributed by atoms with Gasteiger partial charge in [0.25, 0.3) is 10.2 Å². The van der Waals surface area contributed by atoms with Crippen molar-refractivity contribution in [3.05, 3.63) is 0 Å². The summed E-state index contributed by atoms with van der Waals surface area (Å²) < 4.78 is 28.4. The lowest BCUT2D eigenvalue weighted by Crippen LogP contribution is -2.50. The normalized spacial score (nSPS) is 18.0.